The van der Waals surface area contributed by atoms with Crippen molar-refractivity contribution < 1.29 is 0 Å². The molecule has 0 radical (unpaired) electrons. The van der Waals surface area contributed by atoms with Crippen LogP contribution < -0.4 is 5.73 Å². The van der Waals surface area contributed by atoms with Gasteiger partial charge in [-0.2, -0.15) is 0 Å². The molecule has 12 heavy (non-hydrogen) atoms. The standard InChI is InChI=1S/C10H14N2/c1-7-3-2-4-9(12-7)10(11)8-5-6-8/h2-4,8,10H,5-6,11H2,1H3. The van der Waals surface area contributed by atoms with E-state index in [0.717, 1.165) is 11.4 Å². The summed E-state index contributed by atoms with van der Waals surface area (Å²) in [5.74, 6) is 0.694. The van der Waals surface area contributed by atoms with Gasteiger partial charge >= 0.3 is 0 Å². The molecule has 1 heterocycles. The predicted octanol–water partition coefficient (Wildman–Crippen LogP) is 1.80. The highest BCUT2D eigenvalue weighted by molar-refractivity contribution is 5.15. The van der Waals surface area contributed by atoms with E-state index in [1.165, 1.54) is 12.8 Å². The second-order valence-corrected chi connectivity index (χ2v) is 3.57. The van der Waals surface area contributed by atoms with Gasteiger partial charge in [0.1, 0.15) is 0 Å². The van der Waals surface area contributed by atoms with Gasteiger partial charge in [-0.3, -0.25) is 4.98 Å². The van der Waals surface area contributed by atoms with Crippen molar-refractivity contribution in [1.29, 1.82) is 0 Å². The molecule has 0 aromatic carbocycles. The van der Waals surface area contributed by atoms with Gasteiger partial charge in [-0.05, 0) is 37.8 Å². The summed E-state index contributed by atoms with van der Waals surface area (Å²) < 4.78 is 0. The van der Waals surface area contributed by atoms with Gasteiger partial charge in [0.05, 0.1) is 5.69 Å². The molecule has 0 saturated heterocycles. The Bertz CT molecular complexity index is 279. The zero-order valence-corrected chi connectivity index (χ0v) is 7.33. The number of hydrogen-bond donors (Lipinski definition) is 1. The molecule has 2 rings (SSSR count). The van der Waals surface area contributed by atoms with Crippen LogP contribution in [0.5, 0.6) is 0 Å². The van der Waals surface area contributed by atoms with Crippen LogP contribution in [0, 0.1) is 12.8 Å². The van der Waals surface area contributed by atoms with Crippen molar-refractivity contribution in [3.05, 3.63) is 29.6 Å². The second kappa shape index (κ2) is 2.87. The van der Waals surface area contributed by atoms with Crippen LogP contribution in [0.1, 0.15) is 30.3 Å². The SMILES string of the molecule is Cc1cccc(C(N)C2CC2)n1. The Hall–Kier alpha value is -0.890. The summed E-state index contributed by atoms with van der Waals surface area (Å²) >= 11 is 0. The quantitative estimate of drug-likeness (QED) is 0.720. The van der Waals surface area contributed by atoms with Gasteiger partial charge in [0.2, 0.25) is 0 Å². The van der Waals surface area contributed by atoms with E-state index in [9.17, 15) is 0 Å². The smallest absolute Gasteiger partial charge is 0.0577 e. The number of aromatic nitrogens is 1. The minimum atomic E-state index is 0.171. The summed E-state index contributed by atoms with van der Waals surface area (Å²) in [7, 11) is 0. The highest BCUT2D eigenvalue weighted by Crippen LogP contribution is 2.38. The van der Waals surface area contributed by atoms with Crippen LogP contribution in [0.3, 0.4) is 0 Å². The summed E-state index contributed by atoms with van der Waals surface area (Å²) in [6.07, 6.45) is 2.55. The molecule has 1 unspecified atom stereocenters. The fraction of sp³-hybridized carbons (Fsp3) is 0.500. The van der Waals surface area contributed by atoms with Gasteiger partial charge in [-0.15, -0.1) is 0 Å². The first-order valence-electron chi connectivity index (χ1n) is 4.46. The van der Waals surface area contributed by atoms with Crippen LogP contribution in [0.25, 0.3) is 0 Å². The number of nitrogens with two attached hydrogens (primary N) is 1. The third-order valence-corrected chi connectivity index (χ3v) is 2.38. The van der Waals surface area contributed by atoms with Gasteiger partial charge < -0.3 is 5.73 Å². The van der Waals surface area contributed by atoms with E-state index in [1.807, 2.05) is 25.1 Å². The monoisotopic (exact) mass is 162 g/mol. The molecular formula is C10H14N2. The number of hydrogen-bond acceptors (Lipinski definition) is 2. The Morgan fingerprint density at radius 1 is 1.50 bits per heavy atom. The van der Waals surface area contributed by atoms with Crippen molar-refractivity contribution >= 4 is 0 Å². The number of nitrogens with zero attached hydrogens (tertiary/aromatic N) is 1. The number of pyridine rings is 1. The Morgan fingerprint density at radius 3 is 2.83 bits per heavy atom. The molecular weight excluding hydrogens is 148 g/mol. The Kier molecular flexibility index (Phi) is 1.85. The van der Waals surface area contributed by atoms with E-state index in [4.69, 9.17) is 5.73 Å². The number of rotatable bonds is 2. The molecule has 1 atom stereocenters. The highest BCUT2D eigenvalue weighted by atomic mass is 14.8. The molecule has 1 aromatic rings. The lowest BCUT2D eigenvalue weighted by molar-refractivity contribution is 0.613. The van der Waals surface area contributed by atoms with E-state index in [-0.39, 0.29) is 6.04 Å². The molecule has 2 nitrogen and oxygen atoms in total. The lowest BCUT2D eigenvalue weighted by Gasteiger charge is -2.09. The third kappa shape index (κ3) is 1.48. The summed E-state index contributed by atoms with van der Waals surface area (Å²) in [4.78, 5) is 4.41. The Balaban J connectivity index is 2.20. The van der Waals surface area contributed by atoms with Crippen molar-refractivity contribution in [1.82, 2.24) is 4.98 Å². The van der Waals surface area contributed by atoms with Crippen LogP contribution in [-0.2, 0) is 0 Å². The average molecular weight is 162 g/mol. The lowest BCUT2D eigenvalue weighted by Crippen LogP contribution is -2.14. The maximum Gasteiger partial charge on any atom is 0.0577 e. The summed E-state index contributed by atoms with van der Waals surface area (Å²) in [6.45, 7) is 2.00. The largest absolute Gasteiger partial charge is 0.322 e. The average Bonchev–Trinajstić information content (AvgIpc) is 2.85. The van der Waals surface area contributed by atoms with Crippen LogP contribution >= 0.6 is 0 Å². The maximum absolute atomic E-state index is 6.01. The summed E-state index contributed by atoms with van der Waals surface area (Å²) in [5.41, 5.74) is 8.12. The molecule has 64 valence electrons. The third-order valence-electron chi connectivity index (χ3n) is 2.38. The molecule has 2 heteroatoms. The van der Waals surface area contributed by atoms with Crippen LogP contribution in [0.2, 0.25) is 0 Å². The van der Waals surface area contributed by atoms with Crippen molar-refractivity contribution in [2.45, 2.75) is 25.8 Å². The van der Waals surface area contributed by atoms with E-state index in [2.05, 4.69) is 4.98 Å². The van der Waals surface area contributed by atoms with Gasteiger partial charge in [0.15, 0.2) is 0 Å². The molecule has 1 aromatic heterocycles. The second-order valence-electron chi connectivity index (χ2n) is 3.57. The fourth-order valence-electron chi connectivity index (χ4n) is 1.45. The molecule has 0 amide bonds. The molecule has 0 spiro atoms. The molecule has 1 fully saturated rings. The predicted molar refractivity (Wildman–Crippen MR) is 48.6 cm³/mol. The van der Waals surface area contributed by atoms with Gasteiger partial charge in [-0.1, -0.05) is 6.07 Å². The first-order chi connectivity index (χ1) is 5.77. The summed E-state index contributed by atoms with van der Waals surface area (Å²) in [6, 6.07) is 6.23. The topological polar surface area (TPSA) is 38.9 Å². The summed E-state index contributed by atoms with van der Waals surface area (Å²) in [5, 5.41) is 0. The number of aryl methyl sites for hydroxylation is 1. The lowest BCUT2D eigenvalue weighted by atomic mass is 10.1. The fourth-order valence-corrected chi connectivity index (χ4v) is 1.45. The molecule has 1 aliphatic carbocycles. The van der Waals surface area contributed by atoms with E-state index < -0.39 is 0 Å². The van der Waals surface area contributed by atoms with Crippen LogP contribution in [-0.4, -0.2) is 4.98 Å². The molecule has 0 aliphatic heterocycles. The van der Waals surface area contributed by atoms with Crippen LogP contribution in [0.4, 0.5) is 0 Å². The normalized spacial score (nSPS) is 19.2. The molecule has 1 aliphatic rings. The molecule has 1 saturated carbocycles. The highest BCUT2D eigenvalue weighted by Gasteiger charge is 2.30. The minimum Gasteiger partial charge on any atom is -0.322 e. The van der Waals surface area contributed by atoms with E-state index >= 15 is 0 Å². The van der Waals surface area contributed by atoms with E-state index in [1.54, 1.807) is 0 Å². The van der Waals surface area contributed by atoms with E-state index in [0.29, 0.717) is 5.92 Å². The molecule has 2 N–H and O–H groups in total. The Labute approximate surface area is 72.8 Å². The zero-order chi connectivity index (χ0) is 8.55. The van der Waals surface area contributed by atoms with Crippen molar-refractivity contribution in [3.8, 4) is 0 Å². The Morgan fingerprint density at radius 2 is 2.25 bits per heavy atom. The van der Waals surface area contributed by atoms with Crippen molar-refractivity contribution in [3.63, 3.8) is 0 Å². The van der Waals surface area contributed by atoms with Crippen molar-refractivity contribution in [2.24, 2.45) is 11.7 Å². The van der Waals surface area contributed by atoms with Crippen molar-refractivity contribution in [2.75, 3.05) is 0 Å². The minimum absolute atomic E-state index is 0.171. The maximum atomic E-state index is 6.01. The van der Waals surface area contributed by atoms with Gasteiger partial charge in [0, 0.05) is 11.7 Å². The van der Waals surface area contributed by atoms with Gasteiger partial charge in [-0.25, -0.2) is 0 Å². The van der Waals surface area contributed by atoms with Gasteiger partial charge in [0.25, 0.3) is 0 Å². The first kappa shape index (κ1) is 7.74. The first-order valence-corrected chi connectivity index (χ1v) is 4.46. The zero-order valence-electron chi connectivity index (χ0n) is 7.33. The molecule has 0 bridgehead atoms. The van der Waals surface area contributed by atoms with Crippen LogP contribution in [0.15, 0.2) is 18.2 Å².